The Balaban J connectivity index is 2.82. The van der Waals surface area contributed by atoms with Crippen LogP contribution in [-0.4, -0.2) is 10.5 Å². The Morgan fingerprint density at radius 2 is 2.31 bits per heavy atom. The topological polar surface area (TPSA) is 50.9 Å². The van der Waals surface area contributed by atoms with Crippen molar-refractivity contribution in [3.8, 4) is 12.3 Å². The molecule has 1 aromatic heterocycles. The number of terminal acetylenes is 1. The highest BCUT2D eigenvalue weighted by molar-refractivity contribution is 5.52. The van der Waals surface area contributed by atoms with E-state index in [0.717, 1.165) is 5.69 Å². The van der Waals surface area contributed by atoms with E-state index in [0.29, 0.717) is 5.82 Å². The average Bonchev–Trinajstić information content (AvgIpc) is 2.03. The number of hydrogen-bond donors (Lipinski definition) is 2. The lowest BCUT2D eigenvalue weighted by Gasteiger charge is -2.20. The van der Waals surface area contributed by atoms with E-state index in [9.17, 15) is 0 Å². The van der Waals surface area contributed by atoms with E-state index in [-0.39, 0.29) is 5.54 Å². The van der Waals surface area contributed by atoms with Crippen molar-refractivity contribution in [3.05, 3.63) is 18.3 Å². The van der Waals surface area contributed by atoms with Crippen LogP contribution in [0.2, 0.25) is 0 Å². The zero-order valence-electron chi connectivity index (χ0n) is 7.83. The third-order valence-electron chi connectivity index (χ3n) is 1.60. The van der Waals surface area contributed by atoms with Gasteiger partial charge in [-0.3, -0.25) is 0 Å². The Kier molecular flexibility index (Phi) is 2.43. The fourth-order valence-corrected chi connectivity index (χ4v) is 0.923. The number of rotatable bonds is 2. The minimum Gasteiger partial charge on any atom is -0.384 e. The first-order valence-electron chi connectivity index (χ1n) is 4.01. The minimum absolute atomic E-state index is 0.367. The van der Waals surface area contributed by atoms with Crippen LogP contribution >= 0.6 is 0 Å². The first-order valence-corrected chi connectivity index (χ1v) is 4.01. The Bertz CT molecular complexity index is 336. The highest BCUT2D eigenvalue weighted by Gasteiger charge is 2.12. The summed E-state index contributed by atoms with van der Waals surface area (Å²) < 4.78 is 0. The average molecular weight is 175 g/mol. The van der Waals surface area contributed by atoms with Gasteiger partial charge in [0, 0.05) is 18.0 Å². The zero-order valence-corrected chi connectivity index (χ0v) is 7.83. The second-order valence-electron chi connectivity index (χ2n) is 3.36. The first-order chi connectivity index (χ1) is 6.03. The largest absolute Gasteiger partial charge is 0.384 e. The summed E-state index contributed by atoms with van der Waals surface area (Å²) >= 11 is 0. The molecule has 0 radical (unpaired) electrons. The molecule has 3 N–H and O–H groups in total. The molecule has 0 atom stereocenters. The summed E-state index contributed by atoms with van der Waals surface area (Å²) in [7, 11) is 0. The number of nitrogens with two attached hydrogens (primary N) is 1. The summed E-state index contributed by atoms with van der Waals surface area (Å²) in [6, 6.07) is 3.58. The molecule has 0 unspecified atom stereocenters. The molecule has 1 aromatic rings. The molecule has 3 heteroatoms. The van der Waals surface area contributed by atoms with Gasteiger partial charge in [-0.15, -0.1) is 6.42 Å². The standard InChI is InChI=1S/C10H13N3/c1-4-10(2,3)13-8-5-6-12-9(11)7-8/h1,5-7H,2-3H3,(H3,11,12,13). The molecule has 13 heavy (non-hydrogen) atoms. The molecular formula is C10H13N3. The smallest absolute Gasteiger partial charge is 0.125 e. The van der Waals surface area contributed by atoms with E-state index in [1.54, 1.807) is 12.3 Å². The second-order valence-corrected chi connectivity index (χ2v) is 3.36. The van der Waals surface area contributed by atoms with Crippen molar-refractivity contribution in [3.63, 3.8) is 0 Å². The van der Waals surface area contributed by atoms with Crippen molar-refractivity contribution >= 4 is 11.5 Å². The number of pyridine rings is 1. The molecule has 0 aliphatic heterocycles. The van der Waals surface area contributed by atoms with Gasteiger partial charge in [0.05, 0.1) is 5.54 Å². The predicted molar refractivity (Wildman–Crippen MR) is 55.2 cm³/mol. The van der Waals surface area contributed by atoms with Gasteiger partial charge in [-0.1, -0.05) is 5.92 Å². The second kappa shape index (κ2) is 3.36. The number of anilines is 2. The molecule has 0 aromatic carbocycles. The Hall–Kier alpha value is -1.69. The molecule has 68 valence electrons. The lowest BCUT2D eigenvalue weighted by atomic mass is 10.1. The van der Waals surface area contributed by atoms with Crippen LogP contribution in [-0.2, 0) is 0 Å². The molecule has 0 aliphatic carbocycles. The highest BCUT2D eigenvalue weighted by atomic mass is 15.0. The molecule has 0 bridgehead atoms. The number of aromatic nitrogens is 1. The van der Waals surface area contributed by atoms with Crippen molar-refractivity contribution < 1.29 is 0 Å². The van der Waals surface area contributed by atoms with Gasteiger partial charge in [0.15, 0.2) is 0 Å². The maximum atomic E-state index is 5.52. The van der Waals surface area contributed by atoms with Crippen molar-refractivity contribution in [2.24, 2.45) is 0 Å². The maximum absolute atomic E-state index is 5.52. The van der Waals surface area contributed by atoms with E-state index < -0.39 is 0 Å². The van der Waals surface area contributed by atoms with E-state index in [2.05, 4.69) is 16.2 Å². The fraction of sp³-hybridized carbons (Fsp3) is 0.300. The lowest BCUT2D eigenvalue weighted by Crippen LogP contribution is -2.28. The van der Waals surface area contributed by atoms with E-state index in [4.69, 9.17) is 12.2 Å². The van der Waals surface area contributed by atoms with Crippen molar-refractivity contribution in [2.75, 3.05) is 11.1 Å². The normalized spacial score (nSPS) is 10.5. The van der Waals surface area contributed by atoms with Crippen LogP contribution < -0.4 is 11.1 Å². The fourth-order valence-electron chi connectivity index (χ4n) is 0.923. The SMILES string of the molecule is C#CC(C)(C)Nc1ccnc(N)c1. The molecule has 3 nitrogen and oxygen atoms in total. The number of nitrogen functional groups attached to an aromatic ring is 1. The molecule has 1 heterocycles. The molecule has 0 saturated carbocycles. The molecular weight excluding hydrogens is 162 g/mol. The third-order valence-corrected chi connectivity index (χ3v) is 1.60. The van der Waals surface area contributed by atoms with Crippen molar-refractivity contribution in [2.45, 2.75) is 19.4 Å². The van der Waals surface area contributed by atoms with Crippen LogP contribution in [0.25, 0.3) is 0 Å². The van der Waals surface area contributed by atoms with Gasteiger partial charge in [-0.2, -0.15) is 0 Å². The van der Waals surface area contributed by atoms with Crippen LogP contribution in [0.4, 0.5) is 11.5 Å². The Morgan fingerprint density at radius 3 is 2.85 bits per heavy atom. The quantitative estimate of drug-likeness (QED) is 0.669. The third kappa shape index (κ3) is 2.68. The van der Waals surface area contributed by atoms with Gasteiger partial charge >= 0.3 is 0 Å². The van der Waals surface area contributed by atoms with E-state index in [1.807, 2.05) is 19.9 Å². The van der Waals surface area contributed by atoms with Gasteiger partial charge in [0.1, 0.15) is 5.82 Å². The maximum Gasteiger partial charge on any atom is 0.125 e. The lowest BCUT2D eigenvalue weighted by molar-refractivity contribution is 0.741. The van der Waals surface area contributed by atoms with Crippen LogP contribution in [0.1, 0.15) is 13.8 Å². The van der Waals surface area contributed by atoms with Crippen molar-refractivity contribution in [1.82, 2.24) is 4.98 Å². The van der Waals surface area contributed by atoms with Crippen LogP contribution in [0, 0.1) is 12.3 Å². The molecule has 0 fully saturated rings. The Labute approximate surface area is 78.4 Å². The molecule has 1 rings (SSSR count). The van der Waals surface area contributed by atoms with Crippen LogP contribution in [0.15, 0.2) is 18.3 Å². The molecule has 0 spiro atoms. The summed E-state index contributed by atoms with van der Waals surface area (Å²) in [5.41, 5.74) is 6.03. The summed E-state index contributed by atoms with van der Waals surface area (Å²) in [4.78, 5) is 3.88. The number of hydrogen-bond acceptors (Lipinski definition) is 3. The zero-order chi connectivity index (χ0) is 9.90. The summed E-state index contributed by atoms with van der Waals surface area (Å²) in [6.45, 7) is 3.84. The number of nitrogens with one attached hydrogen (secondary N) is 1. The van der Waals surface area contributed by atoms with Gasteiger partial charge < -0.3 is 11.1 Å². The number of nitrogens with zero attached hydrogens (tertiary/aromatic N) is 1. The molecule has 0 saturated heterocycles. The van der Waals surface area contributed by atoms with Crippen LogP contribution in [0.3, 0.4) is 0 Å². The highest BCUT2D eigenvalue weighted by Crippen LogP contribution is 2.14. The monoisotopic (exact) mass is 175 g/mol. The summed E-state index contributed by atoms with van der Waals surface area (Å²) in [5.74, 6) is 3.12. The van der Waals surface area contributed by atoms with Gasteiger partial charge in [0.2, 0.25) is 0 Å². The first kappa shape index (κ1) is 9.40. The minimum atomic E-state index is -0.367. The molecule has 0 amide bonds. The summed E-state index contributed by atoms with van der Waals surface area (Å²) in [5, 5.41) is 3.15. The van der Waals surface area contributed by atoms with Crippen LogP contribution in [0.5, 0.6) is 0 Å². The summed E-state index contributed by atoms with van der Waals surface area (Å²) in [6.07, 6.45) is 6.98. The van der Waals surface area contributed by atoms with Gasteiger partial charge in [-0.25, -0.2) is 4.98 Å². The van der Waals surface area contributed by atoms with Gasteiger partial charge in [0.25, 0.3) is 0 Å². The van der Waals surface area contributed by atoms with E-state index in [1.165, 1.54) is 0 Å². The van der Waals surface area contributed by atoms with Crippen molar-refractivity contribution in [1.29, 1.82) is 0 Å². The van der Waals surface area contributed by atoms with Gasteiger partial charge in [-0.05, 0) is 19.9 Å². The molecule has 0 aliphatic rings. The Morgan fingerprint density at radius 1 is 1.62 bits per heavy atom. The van der Waals surface area contributed by atoms with E-state index >= 15 is 0 Å². The predicted octanol–water partition coefficient (Wildman–Crippen LogP) is 1.49.